The van der Waals surface area contributed by atoms with E-state index < -0.39 is 0 Å². The second-order valence-electron chi connectivity index (χ2n) is 5.41. The molecule has 3 aromatic rings. The molecule has 0 saturated carbocycles. The number of hydrogen-bond acceptors (Lipinski definition) is 7. The molecular formula is C15H12N10. The molecule has 122 valence electrons. The molecule has 0 atom stereocenters. The maximum absolute atomic E-state index is 7.30. The second-order valence-corrected chi connectivity index (χ2v) is 5.41. The van der Waals surface area contributed by atoms with Gasteiger partial charge in [-0.3, -0.25) is 0 Å². The van der Waals surface area contributed by atoms with E-state index in [0.717, 1.165) is 17.1 Å². The molecule has 0 aromatic carbocycles. The van der Waals surface area contributed by atoms with Crippen LogP contribution in [0.5, 0.6) is 0 Å². The van der Waals surface area contributed by atoms with E-state index in [1.807, 2.05) is 13.8 Å². The molecule has 1 aliphatic rings. The zero-order chi connectivity index (χ0) is 17.4. The molecule has 0 spiro atoms. The highest BCUT2D eigenvalue weighted by Gasteiger charge is 2.21. The third-order valence-electron chi connectivity index (χ3n) is 3.62. The van der Waals surface area contributed by atoms with Crippen molar-refractivity contribution in [2.24, 2.45) is 15.3 Å². The molecule has 0 radical (unpaired) electrons. The topological polar surface area (TPSA) is 103 Å². The Morgan fingerprint density at radius 3 is 2.76 bits per heavy atom. The van der Waals surface area contributed by atoms with Crippen molar-refractivity contribution in [3.63, 3.8) is 0 Å². The first-order valence-corrected chi connectivity index (χ1v) is 7.45. The van der Waals surface area contributed by atoms with Crippen molar-refractivity contribution >= 4 is 22.9 Å². The minimum atomic E-state index is 0.269. The number of rotatable bonds is 3. The fourth-order valence-electron chi connectivity index (χ4n) is 2.51. The van der Waals surface area contributed by atoms with Crippen LogP contribution in [0.1, 0.15) is 18.3 Å². The molecule has 0 bridgehead atoms. The van der Waals surface area contributed by atoms with Gasteiger partial charge in [0.2, 0.25) is 0 Å². The smallest absolute Gasteiger partial charge is 0.232 e. The quantitative estimate of drug-likeness (QED) is 0.543. The maximum atomic E-state index is 7.30. The zero-order valence-electron chi connectivity index (χ0n) is 13.5. The number of hydrogen-bond donors (Lipinski definition) is 0. The van der Waals surface area contributed by atoms with Crippen molar-refractivity contribution in [3.8, 4) is 5.95 Å². The predicted octanol–water partition coefficient (Wildman–Crippen LogP) is 2.91. The number of azo groups is 1. The van der Waals surface area contributed by atoms with E-state index in [1.54, 1.807) is 23.3 Å². The lowest BCUT2D eigenvalue weighted by Gasteiger charge is -2.01. The van der Waals surface area contributed by atoms with Crippen LogP contribution in [0.2, 0.25) is 0 Å². The van der Waals surface area contributed by atoms with Gasteiger partial charge in [-0.05, 0) is 19.9 Å². The predicted molar refractivity (Wildman–Crippen MR) is 88.8 cm³/mol. The SMILES string of the molecule is [C-]#[N+]c1cnn(-c2ncccn2)c1/N=N/c1c(C)nn2c1CC(C)=N2. The minimum absolute atomic E-state index is 0.269. The van der Waals surface area contributed by atoms with Crippen LogP contribution >= 0.6 is 0 Å². The molecule has 0 amide bonds. The third kappa shape index (κ3) is 2.47. The monoisotopic (exact) mass is 332 g/mol. The fourth-order valence-corrected chi connectivity index (χ4v) is 2.51. The van der Waals surface area contributed by atoms with E-state index in [4.69, 9.17) is 6.57 Å². The lowest BCUT2D eigenvalue weighted by Crippen LogP contribution is -2.00. The molecule has 1 aliphatic heterocycles. The van der Waals surface area contributed by atoms with Gasteiger partial charge in [0.15, 0.2) is 5.82 Å². The van der Waals surface area contributed by atoms with E-state index in [-0.39, 0.29) is 11.5 Å². The highest BCUT2D eigenvalue weighted by Crippen LogP contribution is 2.33. The molecule has 0 unspecified atom stereocenters. The Hall–Kier alpha value is -3.74. The third-order valence-corrected chi connectivity index (χ3v) is 3.62. The van der Waals surface area contributed by atoms with Gasteiger partial charge in [-0.1, -0.05) is 0 Å². The van der Waals surface area contributed by atoms with Crippen LogP contribution in [-0.2, 0) is 6.42 Å². The highest BCUT2D eigenvalue weighted by atomic mass is 15.5. The van der Waals surface area contributed by atoms with Crippen molar-refractivity contribution in [2.45, 2.75) is 20.3 Å². The average molecular weight is 332 g/mol. The largest absolute Gasteiger partial charge is 0.252 e. The maximum Gasteiger partial charge on any atom is 0.252 e. The van der Waals surface area contributed by atoms with Crippen LogP contribution < -0.4 is 0 Å². The second kappa shape index (κ2) is 5.72. The van der Waals surface area contributed by atoms with Gasteiger partial charge >= 0.3 is 0 Å². The average Bonchev–Trinajstić information content (AvgIpc) is 3.26. The fraction of sp³-hybridized carbons (Fsp3) is 0.200. The number of aromatic nitrogens is 6. The summed E-state index contributed by atoms with van der Waals surface area (Å²) in [6, 6.07) is 1.70. The normalized spacial score (nSPS) is 13.1. The lowest BCUT2D eigenvalue weighted by atomic mass is 10.2. The molecular weight excluding hydrogens is 320 g/mol. The summed E-state index contributed by atoms with van der Waals surface area (Å²) in [5, 5.41) is 21.4. The lowest BCUT2D eigenvalue weighted by molar-refractivity contribution is 0.727. The molecule has 0 saturated heterocycles. The van der Waals surface area contributed by atoms with Crippen molar-refractivity contribution < 1.29 is 0 Å². The van der Waals surface area contributed by atoms with Gasteiger partial charge in [0.1, 0.15) is 5.69 Å². The molecule has 0 fully saturated rings. The Kier molecular flexibility index (Phi) is 3.39. The molecule has 3 aromatic heterocycles. The Morgan fingerprint density at radius 2 is 2.00 bits per heavy atom. The van der Waals surface area contributed by atoms with E-state index in [0.29, 0.717) is 18.1 Å². The Labute approximate surface area is 142 Å². The van der Waals surface area contributed by atoms with Gasteiger partial charge in [-0.25, -0.2) is 14.8 Å². The van der Waals surface area contributed by atoms with Crippen LogP contribution in [0.3, 0.4) is 0 Å². The van der Waals surface area contributed by atoms with E-state index in [9.17, 15) is 0 Å². The van der Waals surface area contributed by atoms with Gasteiger partial charge in [-0.2, -0.15) is 24.8 Å². The van der Waals surface area contributed by atoms with Gasteiger partial charge in [-0.15, -0.1) is 10.2 Å². The van der Waals surface area contributed by atoms with Crippen LogP contribution in [0.25, 0.3) is 10.8 Å². The van der Waals surface area contributed by atoms with Crippen LogP contribution in [-0.4, -0.2) is 35.3 Å². The molecule has 25 heavy (non-hydrogen) atoms. The summed E-state index contributed by atoms with van der Waals surface area (Å²) in [5.74, 6) is 0.596. The van der Waals surface area contributed by atoms with E-state index >= 15 is 0 Å². The summed E-state index contributed by atoms with van der Waals surface area (Å²) in [6.07, 6.45) is 5.28. The molecule has 10 nitrogen and oxygen atoms in total. The van der Waals surface area contributed by atoms with Crippen LogP contribution in [0, 0.1) is 13.5 Å². The van der Waals surface area contributed by atoms with Gasteiger partial charge < -0.3 is 0 Å². The molecule has 0 aliphatic carbocycles. The molecule has 0 N–H and O–H groups in total. The molecule has 4 rings (SSSR count). The van der Waals surface area contributed by atoms with Crippen molar-refractivity contribution in [3.05, 3.63) is 47.5 Å². The Morgan fingerprint density at radius 1 is 1.20 bits per heavy atom. The summed E-state index contributed by atoms with van der Waals surface area (Å²) in [5.41, 5.74) is 3.48. The molecule has 10 heteroatoms. The van der Waals surface area contributed by atoms with Crippen molar-refractivity contribution in [2.75, 3.05) is 0 Å². The Bertz CT molecular complexity index is 1050. The first-order chi connectivity index (χ1) is 12.2. The molecule has 4 heterocycles. The standard InChI is InChI=1S/C15H12N10/c1-9-7-12-13(10(2)23-25(12)22-9)20-21-14-11(16-3)8-19-24(14)15-17-5-4-6-18-15/h4-6,8H,7H2,1-2H3/b21-20+. The summed E-state index contributed by atoms with van der Waals surface area (Å²) in [4.78, 5) is 13.3. The number of fused-ring (bicyclic) bond motifs is 1. The first-order valence-electron chi connectivity index (χ1n) is 7.45. The van der Waals surface area contributed by atoms with Crippen molar-refractivity contribution in [1.29, 1.82) is 0 Å². The van der Waals surface area contributed by atoms with Gasteiger partial charge in [0, 0.05) is 24.5 Å². The van der Waals surface area contributed by atoms with Crippen LogP contribution in [0.15, 0.2) is 40.0 Å². The summed E-state index contributed by atoms with van der Waals surface area (Å²) in [7, 11) is 0. The summed E-state index contributed by atoms with van der Waals surface area (Å²) < 4.78 is 1.39. The van der Waals surface area contributed by atoms with Gasteiger partial charge in [0.25, 0.3) is 11.6 Å². The van der Waals surface area contributed by atoms with Gasteiger partial charge in [0.05, 0.1) is 24.2 Å². The zero-order valence-corrected chi connectivity index (χ0v) is 13.5. The van der Waals surface area contributed by atoms with Crippen LogP contribution in [0.4, 0.5) is 17.2 Å². The number of nitrogens with zero attached hydrogens (tertiary/aromatic N) is 10. The Balaban J connectivity index is 1.77. The minimum Gasteiger partial charge on any atom is -0.232 e. The summed E-state index contributed by atoms with van der Waals surface area (Å²) in [6.45, 7) is 11.1. The number of aryl methyl sites for hydroxylation is 1. The first kappa shape index (κ1) is 14.8. The van der Waals surface area contributed by atoms with E-state index in [2.05, 4.69) is 40.3 Å². The summed E-state index contributed by atoms with van der Waals surface area (Å²) >= 11 is 0. The van der Waals surface area contributed by atoms with Crippen molar-refractivity contribution in [1.82, 2.24) is 29.6 Å². The highest BCUT2D eigenvalue weighted by molar-refractivity contribution is 5.87. The van der Waals surface area contributed by atoms with E-state index in [1.165, 1.54) is 10.9 Å².